The van der Waals surface area contributed by atoms with Gasteiger partial charge in [0.05, 0.1) is 62.3 Å². The fourth-order valence-electron chi connectivity index (χ4n) is 8.32. The standard InChI is InChI=1S/2C12H8N2.3C10H8N2.4C6H6S2.C4H5NS2.Ni.3Pd.Pt/c2*1-3-9-5-6-10-4-2-8-14-12(10)11(9)13-7-1;3*1-3-7-11-9(5-1)10-6-2-4-8-12-10;4*7-5-3-1-2-4-6(5)8;1-3(6)4(7)2-5;;;;;/h2*1-8H;3*1-8H;4*1-4,7-8H;6-7H,1H3;;;;;/q;;;;;;;;;;5*+2/p-10. The number of nitriles is 1. The molecule has 0 aliphatic heterocycles. The zero-order valence-corrected chi connectivity index (χ0v) is 72.5. The second kappa shape index (κ2) is 55.8. The van der Waals surface area contributed by atoms with Crippen molar-refractivity contribution in [2.45, 2.75) is 46.1 Å². The molecule has 0 radical (unpaired) electrons. The van der Waals surface area contributed by atoms with Crippen LogP contribution in [-0.2, 0) is 225 Å². The Morgan fingerprint density at radius 3 is 0.519 bits per heavy atom. The van der Waals surface area contributed by atoms with Crippen molar-refractivity contribution < 1.29 is 98.8 Å². The summed E-state index contributed by atoms with van der Waals surface area (Å²) in [7, 11) is 0. The van der Waals surface area contributed by atoms with Gasteiger partial charge in [-0.3, -0.25) is 49.8 Å². The summed E-state index contributed by atoms with van der Waals surface area (Å²) in [5, 5.41) is 12.6. The maximum atomic E-state index is 8.03. The van der Waals surface area contributed by atoms with E-state index in [9.17, 15) is 0 Å². The van der Waals surface area contributed by atoms with Crippen LogP contribution < -0.4 is 0 Å². The maximum Gasteiger partial charge on any atom is 2.00 e. The number of pyridine rings is 10. The van der Waals surface area contributed by atoms with Gasteiger partial charge in [-0.05, 0) is 97.1 Å². The summed E-state index contributed by atoms with van der Waals surface area (Å²) < 4.78 is 0. The first kappa shape index (κ1) is 96.5. The molecule has 0 aliphatic rings. The quantitative estimate of drug-likeness (QED) is 0.0713. The van der Waals surface area contributed by atoms with Gasteiger partial charge >= 0.3 is 98.8 Å². The van der Waals surface area contributed by atoms with Crippen molar-refractivity contribution in [2.24, 2.45) is 0 Å². The molecule has 16 rings (SSSR count). The summed E-state index contributed by atoms with van der Waals surface area (Å²) in [6.45, 7) is 1.64. The fraction of sp³-hybridized carbons (Fsp3) is 0.0122. The predicted molar refractivity (Wildman–Crippen MR) is 440 cm³/mol. The molecule has 10 heterocycles. The van der Waals surface area contributed by atoms with Gasteiger partial charge in [-0.15, -0.1) is 4.91 Å². The van der Waals surface area contributed by atoms with Crippen LogP contribution in [0.15, 0.2) is 390 Å². The van der Waals surface area contributed by atoms with Gasteiger partial charge in [0.25, 0.3) is 0 Å². The first-order valence-corrected chi connectivity index (χ1v) is 35.1. The van der Waals surface area contributed by atoms with Gasteiger partial charge in [-0.25, -0.2) is 4.91 Å². The second-order valence-electron chi connectivity index (χ2n) is 20.5. The molecule has 16 aromatic rings. The van der Waals surface area contributed by atoms with E-state index in [2.05, 4.69) is 124 Å². The number of benzene rings is 6. The Balaban J connectivity index is 0.000000409. The smallest absolute Gasteiger partial charge is 0.785 e. The number of hydrogen-bond donors (Lipinski definition) is 0. The third kappa shape index (κ3) is 34.6. The molecule has 0 atom stereocenters. The average Bonchev–Trinajstić information content (AvgIpc) is 0.804. The molecule has 0 fully saturated rings. The topological polar surface area (TPSA) is 153 Å². The summed E-state index contributed by atoms with van der Waals surface area (Å²) >= 11 is 47.8. The molecule has 0 amide bonds. The van der Waals surface area contributed by atoms with E-state index in [4.69, 9.17) is 106 Å². The fourth-order valence-corrected chi connectivity index (χ4v) is 9.54. The largest absolute Gasteiger partial charge is 2.00 e. The second-order valence-corrected chi connectivity index (χ2v) is 25.0. The minimum Gasteiger partial charge on any atom is -0.785 e. The van der Waals surface area contributed by atoms with Crippen LogP contribution in [-0.4, -0.2) is 49.8 Å². The third-order valence-electron chi connectivity index (χ3n) is 13.3. The van der Waals surface area contributed by atoms with Crippen LogP contribution in [0, 0.1) is 11.3 Å². The maximum absolute atomic E-state index is 8.03. The van der Waals surface area contributed by atoms with E-state index in [-0.39, 0.29) is 104 Å². The summed E-state index contributed by atoms with van der Waals surface area (Å²) in [4.78, 5) is 49.4. The molecule has 0 saturated heterocycles. The van der Waals surface area contributed by atoms with E-state index in [1.54, 1.807) is 75.0 Å². The van der Waals surface area contributed by atoms with Gasteiger partial charge in [-0.1, -0.05) is 189 Å². The number of hydrogen-bond acceptors (Lipinski definition) is 21. The van der Waals surface area contributed by atoms with Crippen LogP contribution in [0.1, 0.15) is 6.92 Å². The van der Waals surface area contributed by atoms with Crippen molar-refractivity contribution in [1.29, 1.82) is 5.26 Å². The van der Waals surface area contributed by atoms with Crippen molar-refractivity contribution >= 4 is 170 Å². The summed E-state index contributed by atoms with van der Waals surface area (Å²) in [5.41, 5.74) is 9.40. The van der Waals surface area contributed by atoms with Crippen molar-refractivity contribution in [3.05, 3.63) is 351 Å². The summed E-state index contributed by atoms with van der Waals surface area (Å²) in [5.74, 6) is 0. The Hall–Kier alpha value is -7.54. The molecule has 26 heteroatoms. The Morgan fingerprint density at radius 2 is 0.398 bits per heavy atom. The van der Waals surface area contributed by atoms with Crippen LogP contribution in [0.2, 0.25) is 0 Å². The third-order valence-corrected chi connectivity index (χ3v) is 17.4. The van der Waals surface area contributed by atoms with Crippen LogP contribution in [0.4, 0.5) is 0 Å². The van der Waals surface area contributed by atoms with E-state index in [1.165, 1.54) is 0 Å². The minimum absolute atomic E-state index is 0. The van der Waals surface area contributed by atoms with Crippen molar-refractivity contribution in [1.82, 2.24) is 49.8 Å². The van der Waals surface area contributed by atoms with Crippen molar-refractivity contribution in [3.63, 3.8) is 0 Å². The van der Waals surface area contributed by atoms with Crippen LogP contribution in [0.3, 0.4) is 0 Å². The van der Waals surface area contributed by atoms with Gasteiger partial charge in [0.15, 0.2) is 0 Å². The van der Waals surface area contributed by atoms with Gasteiger partial charge in [-0.2, -0.15) is 44.4 Å². The molecule has 0 aliphatic carbocycles. The van der Waals surface area contributed by atoms with Crippen LogP contribution >= 0.6 is 0 Å². The average molecular weight is 2090 g/mol. The summed E-state index contributed by atoms with van der Waals surface area (Å²) in [6, 6.07) is 90.6. The molecule has 11 nitrogen and oxygen atoms in total. The van der Waals surface area contributed by atoms with E-state index in [0.717, 1.165) is 117 Å². The zero-order valence-electron chi connectivity index (χ0n) is 56.4. The predicted octanol–water partition coefficient (Wildman–Crippen LogP) is 18.8. The number of allylic oxidation sites excluding steroid dienone is 2. The zero-order chi connectivity index (χ0) is 73.2. The van der Waals surface area contributed by atoms with Crippen LogP contribution in [0.25, 0.3) is 77.8 Å². The molecular formula is C82H59N11NiPd3PtS10. The first-order valence-electron chi connectivity index (χ1n) is 31.0. The minimum atomic E-state index is 0. The summed E-state index contributed by atoms with van der Waals surface area (Å²) in [6.07, 6.45) is 17.8. The SMILES string of the molecule is CC([S-])=C([S-])C#N.[Ni+2].[Pd+2].[Pd+2].[Pd+2].[Pt+2].[S-]c1ccccc1[S-].[S-]c1ccccc1[S-].[S-]c1ccccc1[S-].[S-]c1ccccc1[S-].c1ccc(-c2ccccn2)nc1.c1ccc(-c2ccccn2)nc1.c1ccc(-c2ccccn2)nc1.c1cnc2c(c1)ccc1cccnc12.c1cnc2c(c1)ccc1cccnc12. The van der Waals surface area contributed by atoms with Crippen molar-refractivity contribution in [2.75, 3.05) is 0 Å². The van der Waals surface area contributed by atoms with Crippen LogP contribution in [0.5, 0.6) is 0 Å². The van der Waals surface area contributed by atoms with Gasteiger partial charge in [0, 0.05) is 83.5 Å². The molecule has 6 aromatic carbocycles. The molecule has 0 saturated carbocycles. The Kier molecular flexibility index (Phi) is 49.9. The van der Waals surface area contributed by atoms with Gasteiger partial charge in [0.1, 0.15) is 0 Å². The molecule has 0 spiro atoms. The van der Waals surface area contributed by atoms with E-state index < -0.39 is 0 Å². The number of fused-ring (bicyclic) bond motifs is 6. The Bertz CT molecular complexity index is 4480. The molecule has 10 aromatic heterocycles. The van der Waals surface area contributed by atoms with E-state index >= 15 is 0 Å². The Morgan fingerprint density at radius 1 is 0.241 bits per heavy atom. The molecule has 0 unspecified atom stereocenters. The van der Waals surface area contributed by atoms with Crippen molar-refractivity contribution in [3.8, 4) is 40.2 Å². The molecule has 0 bridgehead atoms. The number of nitrogens with zero attached hydrogens (tertiary/aromatic N) is 11. The van der Waals surface area contributed by atoms with E-state index in [0.29, 0.717) is 4.91 Å². The molecule has 552 valence electrons. The number of rotatable bonds is 3. The molecule has 0 N–H and O–H groups in total. The Labute approximate surface area is 752 Å². The molecular weight excluding hydrogens is 2030 g/mol. The normalized spacial score (nSPS) is 9.48. The first-order chi connectivity index (χ1) is 50.2. The number of aromatic nitrogens is 10. The monoisotopic (exact) mass is 2090 g/mol. The molecule has 108 heavy (non-hydrogen) atoms. The van der Waals surface area contributed by atoms with Gasteiger partial charge < -0.3 is 126 Å². The van der Waals surface area contributed by atoms with Gasteiger partial charge in [0.2, 0.25) is 0 Å². The van der Waals surface area contributed by atoms with E-state index in [1.807, 2.05) is 231 Å².